The zero-order valence-corrected chi connectivity index (χ0v) is 25.3. The molecule has 3 amide bonds. The summed E-state index contributed by atoms with van der Waals surface area (Å²) >= 11 is 1.66. The van der Waals surface area contributed by atoms with E-state index in [0.29, 0.717) is 26.1 Å². The Hall–Kier alpha value is -3.36. The molecule has 0 aliphatic carbocycles. The SMILES string of the molecule is C=CCN(C)C(=O)[C@@H]1[C@@H]2CC(C)C3(S2)C(C(=O)N(CC=C)Cc2ccccc2)N([C@@H](CO)Cc2ccccc2)C(=O)[C@H]13. The first-order valence-electron chi connectivity index (χ1n) is 14.7. The summed E-state index contributed by atoms with van der Waals surface area (Å²) in [5.41, 5.74) is 1.96. The lowest BCUT2D eigenvalue weighted by Crippen LogP contribution is -2.59. The van der Waals surface area contributed by atoms with Gasteiger partial charge in [0.05, 0.1) is 29.2 Å². The van der Waals surface area contributed by atoms with Gasteiger partial charge in [-0.2, -0.15) is 0 Å². The summed E-state index contributed by atoms with van der Waals surface area (Å²) in [6, 6.07) is 18.1. The zero-order chi connectivity index (χ0) is 30.0. The molecule has 2 aromatic rings. The molecule has 7 atom stereocenters. The van der Waals surface area contributed by atoms with Crippen molar-refractivity contribution in [1.29, 1.82) is 0 Å². The van der Waals surface area contributed by atoms with Crippen LogP contribution in [0.4, 0.5) is 0 Å². The quantitative estimate of drug-likeness (QED) is 0.383. The normalized spacial score (nSPS) is 28.3. The largest absolute Gasteiger partial charge is 0.394 e. The fraction of sp³-hybridized carbons (Fsp3) is 0.441. The van der Waals surface area contributed by atoms with Gasteiger partial charge in [0, 0.05) is 31.9 Å². The Morgan fingerprint density at radius 2 is 1.67 bits per heavy atom. The standard InChI is InChI=1S/C34H41N3O4S/c1-5-17-35(4)31(39)28-27-19-23(3)34(42-27)29(28)32(40)37(26(22-38)20-24-13-9-7-10-14-24)30(34)33(41)36(18-6-2)21-25-15-11-8-12-16-25/h5-16,23,26-30,38H,1-2,17-22H2,3-4H3/t23?,26-,27+,28-,29+,30?,34?/m1/s1. The summed E-state index contributed by atoms with van der Waals surface area (Å²) in [6.07, 6.45) is 4.56. The molecule has 3 fully saturated rings. The van der Waals surface area contributed by atoms with E-state index in [0.717, 1.165) is 17.5 Å². The number of benzene rings is 2. The van der Waals surface area contributed by atoms with Crippen LogP contribution >= 0.6 is 11.8 Å². The van der Waals surface area contributed by atoms with Gasteiger partial charge in [-0.05, 0) is 29.9 Å². The van der Waals surface area contributed by atoms with E-state index in [4.69, 9.17) is 0 Å². The van der Waals surface area contributed by atoms with Crippen molar-refractivity contribution in [2.45, 2.75) is 48.4 Å². The van der Waals surface area contributed by atoms with Crippen LogP contribution in [0.15, 0.2) is 86.0 Å². The first-order chi connectivity index (χ1) is 20.3. The Kier molecular flexibility index (Phi) is 8.94. The number of carbonyl (C=O) groups excluding carboxylic acids is 3. The highest BCUT2D eigenvalue weighted by molar-refractivity contribution is 8.02. The van der Waals surface area contributed by atoms with Crippen LogP contribution in [0.2, 0.25) is 0 Å². The Bertz CT molecular complexity index is 1320. The van der Waals surface area contributed by atoms with Gasteiger partial charge in [-0.25, -0.2) is 0 Å². The van der Waals surface area contributed by atoms with E-state index in [2.05, 4.69) is 20.1 Å². The lowest BCUT2D eigenvalue weighted by molar-refractivity contribution is -0.147. The fourth-order valence-corrected chi connectivity index (χ4v) is 9.85. The number of rotatable bonds is 12. The summed E-state index contributed by atoms with van der Waals surface area (Å²) in [4.78, 5) is 48.4. The van der Waals surface area contributed by atoms with Crippen LogP contribution in [0.1, 0.15) is 24.5 Å². The Morgan fingerprint density at radius 1 is 1.05 bits per heavy atom. The molecule has 8 heteroatoms. The first kappa shape index (κ1) is 30.1. The van der Waals surface area contributed by atoms with Crippen molar-refractivity contribution in [3.8, 4) is 0 Å². The molecule has 3 aliphatic heterocycles. The second kappa shape index (κ2) is 12.5. The lowest BCUT2D eigenvalue weighted by Gasteiger charge is -2.42. The molecule has 2 aromatic carbocycles. The highest BCUT2D eigenvalue weighted by Gasteiger charge is 2.76. The molecule has 42 heavy (non-hydrogen) atoms. The van der Waals surface area contributed by atoms with Gasteiger partial charge in [-0.1, -0.05) is 79.7 Å². The molecule has 0 radical (unpaired) electrons. The third kappa shape index (κ3) is 5.09. The van der Waals surface area contributed by atoms with Gasteiger partial charge in [0.2, 0.25) is 17.7 Å². The Labute approximate surface area is 253 Å². The minimum Gasteiger partial charge on any atom is -0.394 e. The molecule has 222 valence electrons. The second-order valence-corrected chi connectivity index (χ2v) is 13.4. The summed E-state index contributed by atoms with van der Waals surface area (Å²) in [6.45, 7) is 10.6. The summed E-state index contributed by atoms with van der Waals surface area (Å²) in [5.74, 6) is -1.57. The number of likely N-dealkylation sites (N-methyl/N-ethyl adjacent to an activating group) is 1. The van der Waals surface area contributed by atoms with E-state index in [-0.39, 0.29) is 35.5 Å². The lowest BCUT2D eigenvalue weighted by atomic mass is 9.65. The number of likely N-dealkylation sites (tertiary alicyclic amines) is 1. The number of aliphatic hydroxyl groups is 1. The van der Waals surface area contributed by atoms with E-state index in [9.17, 15) is 19.5 Å². The molecule has 0 saturated carbocycles. The van der Waals surface area contributed by atoms with Crippen LogP contribution < -0.4 is 0 Å². The predicted octanol–water partition coefficient (Wildman–Crippen LogP) is 3.79. The van der Waals surface area contributed by atoms with Crippen molar-refractivity contribution in [2.24, 2.45) is 17.8 Å². The van der Waals surface area contributed by atoms with Crippen LogP contribution in [0.3, 0.4) is 0 Å². The molecule has 0 aromatic heterocycles. The smallest absolute Gasteiger partial charge is 0.247 e. The molecule has 3 heterocycles. The molecule has 1 spiro atoms. The highest BCUT2D eigenvalue weighted by atomic mass is 32.2. The highest BCUT2D eigenvalue weighted by Crippen LogP contribution is 2.69. The van der Waals surface area contributed by atoms with Crippen LogP contribution in [-0.4, -0.2) is 86.4 Å². The van der Waals surface area contributed by atoms with Crippen molar-refractivity contribution in [3.63, 3.8) is 0 Å². The van der Waals surface area contributed by atoms with Crippen molar-refractivity contribution in [2.75, 3.05) is 26.7 Å². The van der Waals surface area contributed by atoms with Gasteiger partial charge in [0.25, 0.3) is 0 Å². The van der Waals surface area contributed by atoms with Crippen molar-refractivity contribution in [3.05, 3.63) is 97.1 Å². The van der Waals surface area contributed by atoms with E-state index in [1.807, 2.05) is 60.7 Å². The number of hydrogen-bond acceptors (Lipinski definition) is 5. The molecule has 5 rings (SSSR count). The number of aliphatic hydroxyl groups excluding tert-OH is 1. The van der Waals surface area contributed by atoms with Crippen LogP contribution in [0, 0.1) is 17.8 Å². The number of fused-ring (bicyclic) bond motifs is 1. The molecule has 3 aliphatic rings. The molecular formula is C34H41N3O4S. The van der Waals surface area contributed by atoms with Crippen molar-refractivity contribution in [1.82, 2.24) is 14.7 Å². The maximum Gasteiger partial charge on any atom is 0.247 e. The fourth-order valence-electron chi connectivity index (χ4n) is 7.45. The molecule has 1 N–H and O–H groups in total. The first-order valence-corrected chi connectivity index (χ1v) is 15.6. The van der Waals surface area contributed by atoms with E-state index in [1.54, 1.807) is 45.7 Å². The predicted molar refractivity (Wildman–Crippen MR) is 166 cm³/mol. The van der Waals surface area contributed by atoms with Gasteiger partial charge in [0.1, 0.15) is 6.04 Å². The number of nitrogens with zero attached hydrogens (tertiary/aromatic N) is 3. The van der Waals surface area contributed by atoms with E-state index < -0.39 is 28.7 Å². The second-order valence-electron chi connectivity index (χ2n) is 11.8. The van der Waals surface area contributed by atoms with Gasteiger partial charge in [0.15, 0.2) is 0 Å². The number of amides is 3. The minimum absolute atomic E-state index is 0.0348. The third-order valence-electron chi connectivity index (χ3n) is 9.28. The molecular weight excluding hydrogens is 546 g/mol. The maximum atomic E-state index is 14.8. The van der Waals surface area contributed by atoms with E-state index >= 15 is 0 Å². The molecule has 3 saturated heterocycles. The van der Waals surface area contributed by atoms with Gasteiger partial charge >= 0.3 is 0 Å². The van der Waals surface area contributed by atoms with Crippen LogP contribution in [-0.2, 0) is 27.3 Å². The van der Waals surface area contributed by atoms with Crippen LogP contribution in [0.5, 0.6) is 0 Å². The summed E-state index contributed by atoms with van der Waals surface area (Å²) in [5, 5.41) is 10.7. The topological polar surface area (TPSA) is 81.2 Å². The third-order valence-corrected chi connectivity index (χ3v) is 11.4. The number of hydrogen-bond donors (Lipinski definition) is 1. The number of carbonyl (C=O) groups is 3. The van der Waals surface area contributed by atoms with Crippen LogP contribution in [0.25, 0.3) is 0 Å². The average Bonchev–Trinajstić information content (AvgIpc) is 3.59. The zero-order valence-electron chi connectivity index (χ0n) is 24.5. The Morgan fingerprint density at radius 3 is 2.26 bits per heavy atom. The maximum absolute atomic E-state index is 14.8. The summed E-state index contributed by atoms with van der Waals surface area (Å²) < 4.78 is -0.769. The molecule has 3 unspecified atom stereocenters. The van der Waals surface area contributed by atoms with Crippen molar-refractivity contribution < 1.29 is 19.5 Å². The van der Waals surface area contributed by atoms with Crippen molar-refractivity contribution >= 4 is 29.5 Å². The van der Waals surface area contributed by atoms with Gasteiger partial charge in [-0.15, -0.1) is 24.9 Å². The average molecular weight is 588 g/mol. The number of thioether (sulfide) groups is 1. The Balaban J connectivity index is 1.60. The molecule has 7 nitrogen and oxygen atoms in total. The minimum atomic E-state index is -0.813. The molecule has 2 bridgehead atoms. The monoisotopic (exact) mass is 587 g/mol. The van der Waals surface area contributed by atoms with Gasteiger partial charge in [-0.3, -0.25) is 14.4 Å². The van der Waals surface area contributed by atoms with E-state index in [1.165, 1.54) is 0 Å². The summed E-state index contributed by atoms with van der Waals surface area (Å²) in [7, 11) is 1.74. The van der Waals surface area contributed by atoms with Gasteiger partial charge < -0.3 is 19.8 Å².